The molecule has 0 spiro atoms. The van der Waals surface area contributed by atoms with Gasteiger partial charge in [0, 0.05) is 42.2 Å². The molecule has 1 N–H and O–H groups in total. The summed E-state index contributed by atoms with van der Waals surface area (Å²) in [5.41, 5.74) is 3.12. The predicted molar refractivity (Wildman–Crippen MR) is 132 cm³/mol. The Balaban J connectivity index is 1.28. The van der Waals surface area contributed by atoms with E-state index in [1.165, 1.54) is 17.4 Å². The fourth-order valence-corrected chi connectivity index (χ4v) is 4.34. The molecular formula is C26H22N4O3S. The predicted octanol–water partition coefficient (Wildman–Crippen LogP) is 5.36. The maximum atomic E-state index is 12.3. The Morgan fingerprint density at radius 3 is 2.85 bits per heavy atom. The molecule has 1 aliphatic carbocycles. The van der Waals surface area contributed by atoms with E-state index in [1.807, 2.05) is 37.3 Å². The van der Waals surface area contributed by atoms with E-state index in [4.69, 9.17) is 4.74 Å². The van der Waals surface area contributed by atoms with E-state index in [0.29, 0.717) is 23.7 Å². The van der Waals surface area contributed by atoms with E-state index in [-0.39, 0.29) is 17.6 Å². The van der Waals surface area contributed by atoms with Crippen LogP contribution in [0.1, 0.15) is 29.0 Å². The number of aryl methyl sites for hydroxylation is 1. The largest absolute Gasteiger partial charge is 0.439 e. The molecule has 0 bridgehead atoms. The first-order valence-corrected chi connectivity index (χ1v) is 11.8. The van der Waals surface area contributed by atoms with Gasteiger partial charge in [-0.3, -0.25) is 14.6 Å². The van der Waals surface area contributed by atoms with Crippen LogP contribution in [-0.2, 0) is 16.0 Å². The lowest BCUT2D eigenvalue weighted by Gasteiger charge is -2.10. The van der Waals surface area contributed by atoms with E-state index >= 15 is 0 Å². The van der Waals surface area contributed by atoms with Gasteiger partial charge >= 0.3 is 0 Å². The molecular weight excluding hydrogens is 448 g/mol. The summed E-state index contributed by atoms with van der Waals surface area (Å²) in [6.45, 7) is 1.93. The van der Waals surface area contributed by atoms with Crippen molar-refractivity contribution in [2.75, 3.05) is 5.32 Å². The number of thiazole rings is 1. The van der Waals surface area contributed by atoms with Crippen molar-refractivity contribution in [3.63, 3.8) is 0 Å². The quantitative estimate of drug-likeness (QED) is 0.348. The van der Waals surface area contributed by atoms with Gasteiger partial charge in [-0.05, 0) is 55.2 Å². The molecule has 3 aromatic heterocycles. The minimum atomic E-state index is -0.254. The van der Waals surface area contributed by atoms with Crippen LogP contribution in [0.15, 0.2) is 60.9 Å². The minimum Gasteiger partial charge on any atom is -0.439 e. The summed E-state index contributed by atoms with van der Waals surface area (Å²) in [6.07, 6.45) is 8.90. The second kappa shape index (κ2) is 9.52. The topological polar surface area (TPSA) is 94.1 Å². The van der Waals surface area contributed by atoms with Gasteiger partial charge in [0.1, 0.15) is 26.9 Å². The number of nitrogens with one attached hydrogen (secondary N) is 1. The number of aromatic nitrogens is 3. The van der Waals surface area contributed by atoms with Crippen LogP contribution >= 0.6 is 11.3 Å². The zero-order chi connectivity index (χ0) is 23.5. The zero-order valence-electron chi connectivity index (χ0n) is 18.5. The number of carbonyl (C=O) groups excluding carboxylic acids is 2. The molecule has 1 aromatic carbocycles. The van der Waals surface area contributed by atoms with Gasteiger partial charge in [-0.2, -0.15) is 0 Å². The maximum Gasteiger partial charge on any atom is 0.248 e. The Kier molecular flexibility index (Phi) is 6.14. The van der Waals surface area contributed by atoms with Crippen molar-refractivity contribution in [1.82, 2.24) is 15.0 Å². The third-order valence-electron chi connectivity index (χ3n) is 5.41. The molecule has 1 saturated carbocycles. The number of carbonyl (C=O) groups is 2. The molecule has 1 fully saturated rings. The van der Waals surface area contributed by atoms with Crippen molar-refractivity contribution < 1.29 is 14.3 Å². The molecule has 0 unspecified atom stereocenters. The molecule has 34 heavy (non-hydrogen) atoms. The molecule has 1 amide bonds. The number of ketones is 1. The van der Waals surface area contributed by atoms with E-state index in [2.05, 4.69) is 20.3 Å². The average molecular weight is 471 g/mol. The third kappa shape index (κ3) is 5.35. The highest BCUT2D eigenvalue weighted by Gasteiger charge is 2.29. The molecule has 1 aliphatic rings. The second-order valence-electron chi connectivity index (χ2n) is 8.19. The third-order valence-corrected chi connectivity index (χ3v) is 6.38. The average Bonchev–Trinajstić information content (AvgIpc) is 3.61. The number of nitrogens with zero attached hydrogens (tertiary/aromatic N) is 3. The lowest BCUT2D eigenvalue weighted by Crippen LogP contribution is -2.08. The van der Waals surface area contributed by atoms with Gasteiger partial charge in [0.05, 0.1) is 6.42 Å². The Morgan fingerprint density at radius 2 is 2.06 bits per heavy atom. The molecule has 0 atom stereocenters. The van der Waals surface area contributed by atoms with Crippen molar-refractivity contribution in [3.8, 4) is 11.6 Å². The van der Waals surface area contributed by atoms with Crippen molar-refractivity contribution in [1.29, 1.82) is 0 Å². The standard InChI is InChI=1S/C26H22N4O3S/c1-16-4-8-19(28-23(32)10-5-17-3-2-12-27-15-17)13-22(16)33-24-11-9-20-26(30-24)34-25(29-20)14-21(31)18-6-7-18/h2-5,8-13,15,18H,6-7,14H2,1H3,(H,28,32)/b10-5+. The number of hydrogen-bond donors (Lipinski definition) is 1. The Morgan fingerprint density at radius 1 is 1.18 bits per heavy atom. The molecule has 3 heterocycles. The van der Waals surface area contributed by atoms with Gasteiger partial charge < -0.3 is 10.1 Å². The summed E-state index contributed by atoms with van der Waals surface area (Å²) in [7, 11) is 0. The van der Waals surface area contributed by atoms with Gasteiger partial charge in [0.25, 0.3) is 0 Å². The van der Waals surface area contributed by atoms with Gasteiger partial charge in [0.2, 0.25) is 11.8 Å². The number of ether oxygens (including phenoxy) is 1. The summed E-state index contributed by atoms with van der Waals surface area (Å²) in [4.78, 5) is 38.3. The summed E-state index contributed by atoms with van der Waals surface area (Å²) < 4.78 is 6.03. The number of hydrogen-bond acceptors (Lipinski definition) is 7. The van der Waals surface area contributed by atoms with E-state index in [9.17, 15) is 9.59 Å². The second-order valence-corrected chi connectivity index (χ2v) is 9.25. The zero-order valence-corrected chi connectivity index (χ0v) is 19.3. The fourth-order valence-electron chi connectivity index (χ4n) is 3.41. The molecule has 7 nitrogen and oxygen atoms in total. The Hall–Kier alpha value is -3.91. The number of rotatable bonds is 8. The molecule has 0 saturated heterocycles. The smallest absolute Gasteiger partial charge is 0.248 e. The van der Waals surface area contributed by atoms with Crippen molar-refractivity contribution in [2.24, 2.45) is 5.92 Å². The highest BCUT2D eigenvalue weighted by atomic mass is 32.1. The van der Waals surface area contributed by atoms with Gasteiger partial charge in [-0.1, -0.05) is 23.5 Å². The summed E-state index contributed by atoms with van der Waals surface area (Å²) in [5.74, 6) is 1.26. The van der Waals surface area contributed by atoms with E-state index in [1.54, 1.807) is 30.6 Å². The van der Waals surface area contributed by atoms with Crippen LogP contribution in [-0.4, -0.2) is 26.6 Å². The van der Waals surface area contributed by atoms with Crippen LogP contribution in [0.5, 0.6) is 11.6 Å². The molecule has 4 aromatic rings. The normalized spacial score (nSPS) is 13.3. The number of pyridine rings is 2. The number of fused-ring (bicyclic) bond motifs is 1. The van der Waals surface area contributed by atoms with Crippen molar-refractivity contribution >= 4 is 45.1 Å². The van der Waals surface area contributed by atoms with Gasteiger partial charge in [0.15, 0.2) is 0 Å². The summed E-state index contributed by atoms with van der Waals surface area (Å²) in [6, 6.07) is 12.8. The lowest BCUT2D eigenvalue weighted by atomic mass is 10.2. The summed E-state index contributed by atoms with van der Waals surface area (Å²) >= 11 is 1.42. The van der Waals surface area contributed by atoms with E-state index in [0.717, 1.165) is 39.3 Å². The van der Waals surface area contributed by atoms with E-state index < -0.39 is 0 Å². The maximum absolute atomic E-state index is 12.3. The fraction of sp³-hybridized carbons (Fsp3) is 0.192. The number of amides is 1. The van der Waals surface area contributed by atoms with Crippen LogP contribution in [0.25, 0.3) is 16.4 Å². The van der Waals surface area contributed by atoms with Gasteiger partial charge in [-0.25, -0.2) is 9.97 Å². The molecule has 0 radical (unpaired) electrons. The van der Waals surface area contributed by atoms with Crippen molar-refractivity contribution in [3.05, 3.63) is 77.1 Å². The van der Waals surface area contributed by atoms with Crippen LogP contribution < -0.4 is 10.1 Å². The number of anilines is 1. The summed E-state index contributed by atoms with van der Waals surface area (Å²) in [5, 5.41) is 3.63. The Labute approximate surface area is 200 Å². The lowest BCUT2D eigenvalue weighted by molar-refractivity contribution is -0.119. The van der Waals surface area contributed by atoms with Crippen LogP contribution in [0.3, 0.4) is 0 Å². The monoisotopic (exact) mass is 470 g/mol. The Bertz CT molecular complexity index is 1390. The molecule has 5 rings (SSSR count). The van der Waals surface area contributed by atoms with Crippen LogP contribution in [0.2, 0.25) is 0 Å². The van der Waals surface area contributed by atoms with Gasteiger partial charge in [-0.15, -0.1) is 0 Å². The number of Topliss-reactive ketones (excluding diaryl/α,β-unsaturated/α-hetero) is 1. The SMILES string of the molecule is Cc1ccc(NC(=O)/C=C/c2cccnc2)cc1Oc1ccc2nc(CC(=O)C3CC3)sc2n1. The first-order valence-electron chi connectivity index (χ1n) is 11.0. The first-order chi connectivity index (χ1) is 16.5. The first kappa shape index (κ1) is 21.9. The molecule has 170 valence electrons. The van der Waals surface area contributed by atoms with Crippen molar-refractivity contribution in [2.45, 2.75) is 26.2 Å². The molecule has 0 aliphatic heterocycles. The number of benzene rings is 1. The highest BCUT2D eigenvalue weighted by molar-refractivity contribution is 7.18. The van der Waals surface area contributed by atoms with Crippen LogP contribution in [0.4, 0.5) is 5.69 Å². The minimum absolute atomic E-state index is 0.223. The molecule has 8 heteroatoms. The van der Waals surface area contributed by atoms with Crippen LogP contribution in [0, 0.1) is 12.8 Å². The highest BCUT2D eigenvalue weighted by Crippen LogP contribution is 2.33.